The molecule has 0 fully saturated rings. The van der Waals surface area contributed by atoms with E-state index in [9.17, 15) is 5.11 Å². The van der Waals surface area contributed by atoms with Crippen LogP contribution in [-0.4, -0.2) is 10.1 Å². The first kappa shape index (κ1) is 9.20. The molecule has 2 heteroatoms. The van der Waals surface area contributed by atoms with Crippen molar-refractivity contribution in [1.82, 2.24) is 4.98 Å². The molecule has 0 spiro atoms. The van der Waals surface area contributed by atoms with Gasteiger partial charge in [-0.05, 0) is 30.5 Å². The van der Waals surface area contributed by atoms with Crippen LogP contribution in [0.4, 0.5) is 0 Å². The van der Waals surface area contributed by atoms with Crippen molar-refractivity contribution in [2.45, 2.75) is 32.8 Å². The summed E-state index contributed by atoms with van der Waals surface area (Å²) in [5.41, 5.74) is 1.97. The van der Waals surface area contributed by atoms with Crippen LogP contribution in [0.25, 0.3) is 0 Å². The van der Waals surface area contributed by atoms with E-state index in [1.807, 2.05) is 12.1 Å². The molecule has 1 aromatic heterocycles. The average molecular weight is 165 g/mol. The highest BCUT2D eigenvalue weighted by Gasteiger charge is 2.04. The zero-order valence-corrected chi connectivity index (χ0v) is 7.78. The molecule has 0 radical (unpaired) electrons. The van der Waals surface area contributed by atoms with Crippen LogP contribution in [0.1, 0.15) is 44.1 Å². The molecule has 1 atom stereocenters. The minimum atomic E-state index is -0.469. The molecule has 0 aliphatic rings. The second-order valence-corrected chi connectivity index (χ2v) is 3.34. The number of aliphatic hydroxyl groups is 1. The zero-order valence-electron chi connectivity index (χ0n) is 7.78. The van der Waals surface area contributed by atoms with Crippen molar-refractivity contribution >= 4 is 0 Å². The number of nitrogens with zero attached hydrogens (tertiary/aromatic N) is 1. The molecule has 1 rings (SSSR count). The van der Waals surface area contributed by atoms with Crippen LogP contribution in [0.3, 0.4) is 0 Å². The molecule has 0 saturated carbocycles. The van der Waals surface area contributed by atoms with Crippen molar-refractivity contribution in [3.63, 3.8) is 0 Å². The molecule has 0 amide bonds. The topological polar surface area (TPSA) is 33.1 Å². The van der Waals surface area contributed by atoms with E-state index in [-0.39, 0.29) is 0 Å². The molecular weight excluding hydrogens is 150 g/mol. The van der Waals surface area contributed by atoms with Gasteiger partial charge in [-0.1, -0.05) is 13.8 Å². The summed E-state index contributed by atoms with van der Waals surface area (Å²) in [6.45, 7) is 5.98. The standard InChI is InChI=1S/C10H15NO/c1-7(2)9-4-5-11-10(6-9)8(3)12/h4-8,12H,1-3H3. The summed E-state index contributed by atoms with van der Waals surface area (Å²) >= 11 is 0. The van der Waals surface area contributed by atoms with Gasteiger partial charge in [-0.15, -0.1) is 0 Å². The van der Waals surface area contributed by atoms with Gasteiger partial charge in [0.1, 0.15) is 0 Å². The lowest BCUT2D eigenvalue weighted by Gasteiger charge is -2.08. The van der Waals surface area contributed by atoms with Gasteiger partial charge in [0, 0.05) is 6.20 Å². The van der Waals surface area contributed by atoms with Crippen LogP contribution in [-0.2, 0) is 0 Å². The Morgan fingerprint density at radius 2 is 2.00 bits per heavy atom. The van der Waals surface area contributed by atoms with Crippen molar-refractivity contribution in [2.75, 3.05) is 0 Å². The molecule has 0 aliphatic carbocycles. The van der Waals surface area contributed by atoms with Gasteiger partial charge in [0.15, 0.2) is 0 Å². The van der Waals surface area contributed by atoms with Crippen molar-refractivity contribution < 1.29 is 5.11 Å². The number of rotatable bonds is 2. The number of hydrogen-bond donors (Lipinski definition) is 1. The monoisotopic (exact) mass is 165 g/mol. The molecule has 1 heterocycles. The third-order valence-electron chi connectivity index (χ3n) is 1.90. The van der Waals surface area contributed by atoms with E-state index < -0.39 is 6.10 Å². The minimum absolute atomic E-state index is 0.469. The molecule has 0 bridgehead atoms. The first-order valence-corrected chi connectivity index (χ1v) is 4.25. The average Bonchev–Trinajstić information content (AvgIpc) is 2.04. The predicted octanol–water partition coefficient (Wildman–Crippen LogP) is 2.26. The summed E-state index contributed by atoms with van der Waals surface area (Å²) in [7, 11) is 0. The Hall–Kier alpha value is -0.890. The Morgan fingerprint density at radius 3 is 2.50 bits per heavy atom. The lowest BCUT2D eigenvalue weighted by atomic mass is 10.0. The SMILES string of the molecule is CC(C)c1ccnc(C(C)O)c1. The third kappa shape index (κ3) is 2.05. The maximum atomic E-state index is 9.27. The normalized spacial score (nSPS) is 13.4. The maximum Gasteiger partial charge on any atom is 0.0931 e. The largest absolute Gasteiger partial charge is 0.387 e. The van der Waals surface area contributed by atoms with E-state index in [2.05, 4.69) is 18.8 Å². The Morgan fingerprint density at radius 1 is 1.33 bits per heavy atom. The summed E-state index contributed by atoms with van der Waals surface area (Å²) < 4.78 is 0. The van der Waals surface area contributed by atoms with Gasteiger partial charge in [0.25, 0.3) is 0 Å². The second-order valence-electron chi connectivity index (χ2n) is 3.34. The van der Waals surface area contributed by atoms with Gasteiger partial charge in [-0.3, -0.25) is 4.98 Å². The van der Waals surface area contributed by atoms with Gasteiger partial charge in [-0.2, -0.15) is 0 Å². The Kier molecular flexibility index (Phi) is 2.82. The quantitative estimate of drug-likeness (QED) is 0.729. The molecule has 1 unspecified atom stereocenters. The lowest BCUT2D eigenvalue weighted by Crippen LogP contribution is -1.97. The van der Waals surface area contributed by atoms with Crippen LogP contribution in [0.2, 0.25) is 0 Å². The van der Waals surface area contributed by atoms with E-state index in [0.717, 1.165) is 5.69 Å². The maximum absolute atomic E-state index is 9.27. The molecule has 1 aromatic rings. The van der Waals surface area contributed by atoms with Crippen LogP contribution >= 0.6 is 0 Å². The Balaban J connectivity index is 2.96. The zero-order chi connectivity index (χ0) is 9.14. The van der Waals surface area contributed by atoms with Gasteiger partial charge in [0.2, 0.25) is 0 Å². The summed E-state index contributed by atoms with van der Waals surface area (Å²) in [6.07, 6.45) is 1.28. The van der Waals surface area contributed by atoms with E-state index >= 15 is 0 Å². The van der Waals surface area contributed by atoms with Crippen LogP contribution in [0.15, 0.2) is 18.3 Å². The van der Waals surface area contributed by atoms with Crippen molar-refractivity contribution in [1.29, 1.82) is 0 Å². The van der Waals surface area contributed by atoms with E-state index in [1.165, 1.54) is 5.56 Å². The molecule has 0 aliphatic heterocycles. The fraction of sp³-hybridized carbons (Fsp3) is 0.500. The summed E-state index contributed by atoms with van der Waals surface area (Å²) in [5, 5.41) is 9.27. The van der Waals surface area contributed by atoms with E-state index in [0.29, 0.717) is 5.92 Å². The van der Waals surface area contributed by atoms with Crippen LogP contribution in [0, 0.1) is 0 Å². The molecule has 0 saturated heterocycles. The highest BCUT2D eigenvalue weighted by atomic mass is 16.3. The van der Waals surface area contributed by atoms with E-state index in [1.54, 1.807) is 13.1 Å². The highest BCUT2D eigenvalue weighted by Crippen LogP contribution is 2.17. The third-order valence-corrected chi connectivity index (χ3v) is 1.90. The fourth-order valence-corrected chi connectivity index (χ4v) is 1.05. The highest BCUT2D eigenvalue weighted by molar-refractivity contribution is 5.20. The number of hydrogen-bond acceptors (Lipinski definition) is 2. The first-order chi connectivity index (χ1) is 5.61. The summed E-state index contributed by atoms with van der Waals surface area (Å²) in [4.78, 5) is 4.07. The fourth-order valence-electron chi connectivity index (χ4n) is 1.05. The minimum Gasteiger partial charge on any atom is -0.387 e. The summed E-state index contributed by atoms with van der Waals surface area (Å²) in [5.74, 6) is 0.491. The molecule has 2 nitrogen and oxygen atoms in total. The molecule has 12 heavy (non-hydrogen) atoms. The second kappa shape index (κ2) is 3.68. The van der Waals surface area contributed by atoms with Crippen LogP contribution in [0.5, 0.6) is 0 Å². The summed E-state index contributed by atoms with van der Waals surface area (Å²) in [6, 6.07) is 3.94. The molecule has 0 aromatic carbocycles. The van der Waals surface area contributed by atoms with Gasteiger partial charge >= 0.3 is 0 Å². The van der Waals surface area contributed by atoms with Crippen LogP contribution < -0.4 is 0 Å². The van der Waals surface area contributed by atoms with E-state index in [4.69, 9.17) is 0 Å². The first-order valence-electron chi connectivity index (χ1n) is 4.25. The number of aliphatic hydroxyl groups excluding tert-OH is 1. The molecule has 66 valence electrons. The van der Waals surface area contributed by atoms with Crippen molar-refractivity contribution in [3.8, 4) is 0 Å². The predicted molar refractivity (Wildman–Crippen MR) is 49.0 cm³/mol. The Labute approximate surface area is 73.3 Å². The smallest absolute Gasteiger partial charge is 0.0931 e. The van der Waals surface area contributed by atoms with Gasteiger partial charge in [0.05, 0.1) is 11.8 Å². The van der Waals surface area contributed by atoms with Crippen molar-refractivity contribution in [2.24, 2.45) is 0 Å². The van der Waals surface area contributed by atoms with Gasteiger partial charge < -0.3 is 5.11 Å². The number of aromatic nitrogens is 1. The molecule has 1 N–H and O–H groups in total. The lowest BCUT2D eigenvalue weighted by molar-refractivity contribution is 0.194. The number of pyridine rings is 1. The van der Waals surface area contributed by atoms with Gasteiger partial charge in [-0.25, -0.2) is 0 Å². The molecular formula is C10H15NO. The van der Waals surface area contributed by atoms with Crippen molar-refractivity contribution in [3.05, 3.63) is 29.6 Å². The Bertz CT molecular complexity index is 233.